The zero-order valence-corrected chi connectivity index (χ0v) is 9.11. The molecule has 3 heteroatoms. The minimum atomic E-state index is -1.02. The van der Waals surface area contributed by atoms with Gasteiger partial charge >= 0.3 is 0 Å². The molecule has 16 heavy (non-hydrogen) atoms. The van der Waals surface area contributed by atoms with Gasteiger partial charge in [0, 0.05) is 12.0 Å². The van der Waals surface area contributed by atoms with Gasteiger partial charge in [-0.3, -0.25) is 0 Å². The van der Waals surface area contributed by atoms with E-state index in [9.17, 15) is 9.90 Å². The third-order valence-corrected chi connectivity index (χ3v) is 2.94. The number of hydrogen-bond acceptors (Lipinski definition) is 2. The molecule has 0 bridgehead atoms. The third kappa shape index (κ3) is 2.70. The van der Waals surface area contributed by atoms with Gasteiger partial charge in [0.25, 0.3) is 0 Å². The second kappa shape index (κ2) is 4.94. The molecule has 3 nitrogen and oxygen atoms in total. The molecule has 1 aliphatic heterocycles. The van der Waals surface area contributed by atoms with Crippen LogP contribution in [0.5, 0.6) is 0 Å². The van der Waals surface area contributed by atoms with E-state index in [1.54, 1.807) is 6.08 Å². The number of quaternary nitrogens is 1. The van der Waals surface area contributed by atoms with E-state index in [1.165, 1.54) is 10.5 Å². The Balaban J connectivity index is 1.93. The van der Waals surface area contributed by atoms with E-state index in [2.05, 4.69) is 12.1 Å². The maximum absolute atomic E-state index is 10.6. The lowest BCUT2D eigenvalue weighted by Gasteiger charge is -2.23. The van der Waals surface area contributed by atoms with Crippen LogP contribution in [0.3, 0.4) is 0 Å². The molecule has 0 radical (unpaired) electrons. The van der Waals surface area contributed by atoms with E-state index in [-0.39, 0.29) is 0 Å². The molecule has 0 saturated carbocycles. The Morgan fingerprint density at radius 1 is 1.31 bits per heavy atom. The van der Waals surface area contributed by atoms with E-state index in [0.717, 1.165) is 19.6 Å². The fourth-order valence-electron chi connectivity index (χ4n) is 2.01. The molecule has 0 aliphatic carbocycles. The summed E-state index contributed by atoms with van der Waals surface area (Å²) in [6, 6.07) is 10.3. The molecule has 0 saturated heterocycles. The normalized spacial score (nSPS) is 20.2. The molecule has 84 valence electrons. The monoisotopic (exact) mass is 217 g/mol. The van der Waals surface area contributed by atoms with Crippen molar-refractivity contribution in [1.82, 2.24) is 0 Å². The van der Waals surface area contributed by atoms with Gasteiger partial charge in [-0.25, -0.2) is 0 Å². The van der Waals surface area contributed by atoms with Gasteiger partial charge in [0.15, 0.2) is 0 Å². The number of aliphatic carboxylic acids is 1. The lowest BCUT2D eigenvalue weighted by atomic mass is 10.1. The van der Waals surface area contributed by atoms with Crippen molar-refractivity contribution in [2.75, 3.05) is 13.1 Å². The molecule has 0 aromatic heterocycles. The predicted octanol–water partition coefficient (Wildman–Crippen LogP) is -0.848. The summed E-state index contributed by atoms with van der Waals surface area (Å²) in [5.74, 6) is -1.02. The molecule has 2 rings (SSSR count). The van der Waals surface area contributed by atoms with E-state index < -0.39 is 5.97 Å². The number of benzene rings is 1. The fourth-order valence-corrected chi connectivity index (χ4v) is 2.01. The molecule has 1 N–H and O–H groups in total. The van der Waals surface area contributed by atoms with Crippen molar-refractivity contribution in [2.45, 2.75) is 13.0 Å². The van der Waals surface area contributed by atoms with Gasteiger partial charge in [-0.15, -0.1) is 0 Å². The summed E-state index contributed by atoms with van der Waals surface area (Å²) in [6.45, 7) is 2.60. The van der Waals surface area contributed by atoms with Crippen LogP contribution in [0.25, 0.3) is 0 Å². The third-order valence-electron chi connectivity index (χ3n) is 2.94. The number of rotatable bonds is 3. The van der Waals surface area contributed by atoms with E-state index >= 15 is 0 Å². The smallest absolute Gasteiger partial charge is 0.103 e. The highest BCUT2D eigenvalue weighted by molar-refractivity contribution is 5.84. The number of nitrogens with one attached hydrogen (secondary N) is 1. The van der Waals surface area contributed by atoms with Gasteiger partial charge in [-0.05, 0) is 11.6 Å². The summed E-state index contributed by atoms with van der Waals surface area (Å²) < 4.78 is 0. The first-order valence-corrected chi connectivity index (χ1v) is 5.53. The van der Waals surface area contributed by atoms with Crippen molar-refractivity contribution >= 4 is 5.97 Å². The Labute approximate surface area is 95.0 Å². The Morgan fingerprint density at radius 3 is 2.62 bits per heavy atom. The largest absolute Gasteiger partial charge is 0.545 e. The molecule has 0 amide bonds. The highest BCUT2D eigenvalue weighted by Gasteiger charge is 2.15. The summed E-state index contributed by atoms with van der Waals surface area (Å²) in [5.41, 5.74) is 1.75. The maximum Gasteiger partial charge on any atom is 0.103 e. The van der Waals surface area contributed by atoms with Crippen LogP contribution in [0, 0.1) is 0 Å². The van der Waals surface area contributed by atoms with E-state index in [0.29, 0.717) is 12.0 Å². The molecule has 1 heterocycles. The Bertz CT molecular complexity index is 398. The van der Waals surface area contributed by atoms with Crippen LogP contribution >= 0.6 is 0 Å². The van der Waals surface area contributed by atoms with E-state index in [4.69, 9.17) is 0 Å². The van der Waals surface area contributed by atoms with E-state index in [1.807, 2.05) is 18.2 Å². The maximum atomic E-state index is 10.6. The van der Waals surface area contributed by atoms with Crippen LogP contribution in [0.15, 0.2) is 42.0 Å². The molecule has 1 aromatic carbocycles. The molecule has 1 unspecified atom stereocenters. The number of hydrogen-bond donors (Lipinski definition) is 1. The van der Waals surface area contributed by atoms with Gasteiger partial charge in [0.2, 0.25) is 0 Å². The number of carbonyl (C=O) groups excluding carboxylic acids is 1. The lowest BCUT2D eigenvalue weighted by molar-refractivity contribution is -0.909. The minimum Gasteiger partial charge on any atom is -0.545 e. The van der Waals surface area contributed by atoms with Crippen LogP contribution in [0.2, 0.25) is 0 Å². The van der Waals surface area contributed by atoms with Crippen molar-refractivity contribution in [3.63, 3.8) is 0 Å². The van der Waals surface area contributed by atoms with Crippen molar-refractivity contribution in [2.24, 2.45) is 0 Å². The van der Waals surface area contributed by atoms with Gasteiger partial charge in [-0.2, -0.15) is 0 Å². The first-order chi connectivity index (χ1) is 7.75. The highest BCUT2D eigenvalue weighted by atomic mass is 16.4. The summed E-state index contributed by atoms with van der Waals surface area (Å²) in [5, 5.41) is 10.6. The lowest BCUT2D eigenvalue weighted by Crippen LogP contribution is -3.11. The minimum absolute atomic E-state index is 0.455. The summed E-state index contributed by atoms with van der Waals surface area (Å²) in [6.07, 6.45) is 2.40. The Morgan fingerprint density at radius 2 is 2.06 bits per heavy atom. The van der Waals surface area contributed by atoms with Crippen LogP contribution in [0.1, 0.15) is 12.0 Å². The highest BCUT2D eigenvalue weighted by Crippen LogP contribution is 2.01. The second-order valence-electron chi connectivity index (χ2n) is 4.13. The van der Waals surface area contributed by atoms with Crippen molar-refractivity contribution in [1.29, 1.82) is 0 Å². The van der Waals surface area contributed by atoms with Crippen LogP contribution in [-0.2, 0) is 11.3 Å². The number of carboxylic acids is 1. The quantitative estimate of drug-likeness (QED) is 0.717. The van der Waals surface area contributed by atoms with Gasteiger partial charge < -0.3 is 14.8 Å². The van der Waals surface area contributed by atoms with Crippen molar-refractivity contribution < 1.29 is 14.8 Å². The molecule has 1 aliphatic rings. The van der Waals surface area contributed by atoms with Crippen molar-refractivity contribution in [3.8, 4) is 0 Å². The molecular weight excluding hydrogens is 202 g/mol. The first-order valence-electron chi connectivity index (χ1n) is 5.53. The van der Waals surface area contributed by atoms with Crippen molar-refractivity contribution in [3.05, 3.63) is 47.5 Å². The Kier molecular flexibility index (Phi) is 3.37. The molecule has 0 spiro atoms. The molecule has 0 fully saturated rings. The number of carboxylic acid groups (broad SMARTS) is 1. The first kappa shape index (κ1) is 10.9. The topological polar surface area (TPSA) is 44.6 Å². The zero-order chi connectivity index (χ0) is 11.4. The number of carbonyl (C=O) groups is 1. The predicted molar refractivity (Wildman–Crippen MR) is 58.5 cm³/mol. The summed E-state index contributed by atoms with van der Waals surface area (Å²) in [4.78, 5) is 12.0. The van der Waals surface area contributed by atoms with Gasteiger partial charge in [0.05, 0.1) is 19.1 Å². The molecular formula is C13H15NO2. The average molecular weight is 217 g/mol. The van der Waals surface area contributed by atoms with Crippen LogP contribution in [0.4, 0.5) is 0 Å². The second-order valence-corrected chi connectivity index (χ2v) is 4.13. The standard InChI is InChI=1S/C13H15NO2/c15-13(16)12-6-8-14(9-7-12)10-11-4-2-1-3-5-11/h1-6H,7-10H2,(H,15,16). The van der Waals surface area contributed by atoms with Gasteiger partial charge in [-0.1, -0.05) is 30.3 Å². The zero-order valence-electron chi connectivity index (χ0n) is 9.11. The van der Waals surface area contributed by atoms with Crippen LogP contribution in [-0.4, -0.2) is 19.1 Å². The fraction of sp³-hybridized carbons (Fsp3) is 0.308. The van der Waals surface area contributed by atoms with Gasteiger partial charge in [0.1, 0.15) is 6.54 Å². The molecule has 1 aromatic rings. The van der Waals surface area contributed by atoms with Crippen LogP contribution < -0.4 is 10.0 Å². The average Bonchev–Trinajstić information content (AvgIpc) is 2.31. The summed E-state index contributed by atoms with van der Waals surface area (Å²) >= 11 is 0. The Hall–Kier alpha value is -1.61. The summed E-state index contributed by atoms with van der Waals surface area (Å²) in [7, 11) is 0. The molecule has 1 atom stereocenters. The SMILES string of the molecule is O=C([O-])C1=CC[NH+](Cc2ccccc2)CC1.